The molecule has 2 aromatic rings. The lowest BCUT2D eigenvalue weighted by atomic mass is 9.92. The van der Waals surface area contributed by atoms with Gasteiger partial charge in [-0.25, -0.2) is 4.98 Å². The summed E-state index contributed by atoms with van der Waals surface area (Å²) in [7, 11) is 0. The molecule has 0 saturated heterocycles. The number of hydrogen-bond donors (Lipinski definition) is 0. The third-order valence-corrected chi connectivity index (χ3v) is 6.49. The number of amides is 1. The normalized spacial score (nSPS) is 19.4. The Hall–Kier alpha value is -2.08. The first kappa shape index (κ1) is 18.3. The standard InChI is InChI=1S/C21H25N3O2S/c1-21(2,3)17-10-18(25)24-12-16(13-27-20(24)22-17)19(26)23-9-8-14-6-4-5-7-15(14)11-23/h4-7,10,16H,8-9,11-13H2,1-3H3. The van der Waals surface area contributed by atoms with E-state index in [0.29, 0.717) is 18.8 Å². The summed E-state index contributed by atoms with van der Waals surface area (Å²) in [6, 6.07) is 9.94. The van der Waals surface area contributed by atoms with Gasteiger partial charge in [0.15, 0.2) is 5.16 Å². The van der Waals surface area contributed by atoms with Crippen LogP contribution < -0.4 is 5.56 Å². The molecule has 0 saturated carbocycles. The zero-order valence-electron chi connectivity index (χ0n) is 16.1. The van der Waals surface area contributed by atoms with Gasteiger partial charge in [-0.15, -0.1) is 0 Å². The zero-order valence-corrected chi connectivity index (χ0v) is 16.9. The maximum absolute atomic E-state index is 13.1. The molecule has 4 rings (SSSR count). The molecule has 142 valence electrons. The van der Waals surface area contributed by atoms with E-state index in [2.05, 4.69) is 44.0 Å². The quantitative estimate of drug-likeness (QED) is 0.711. The second-order valence-corrected chi connectivity index (χ2v) is 9.40. The molecule has 3 heterocycles. The van der Waals surface area contributed by atoms with Crippen molar-refractivity contribution >= 4 is 17.7 Å². The number of nitrogens with zero attached hydrogens (tertiary/aromatic N) is 3. The number of thioether (sulfide) groups is 1. The van der Waals surface area contributed by atoms with Gasteiger partial charge in [0.1, 0.15) is 0 Å². The highest BCUT2D eigenvalue weighted by Crippen LogP contribution is 2.30. The van der Waals surface area contributed by atoms with Crippen molar-refractivity contribution in [3.05, 3.63) is 57.5 Å². The molecular formula is C21H25N3O2S. The number of benzene rings is 1. The van der Waals surface area contributed by atoms with Crippen molar-refractivity contribution in [1.82, 2.24) is 14.5 Å². The molecule has 1 aromatic heterocycles. The van der Waals surface area contributed by atoms with Gasteiger partial charge in [0.2, 0.25) is 5.91 Å². The van der Waals surface area contributed by atoms with Crippen LogP contribution in [0.2, 0.25) is 0 Å². The van der Waals surface area contributed by atoms with Crippen LogP contribution in [0.5, 0.6) is 0 Å². The van der Waals surface area contributed by atoms with Gasteiger partial charge in [0, 0.05) is 36.9 Å². The van der Waals surface area contributed by atoms with Gasteiger partial charge in [0.25, 0.3) is 5.56 Å². The van der Waals surface area contributed by atoms with Gasteiger partial charge in [-0.2, -0.15) is 0 Å². The number of aromatic nitrogens is 2. The molecule has 0 bridgehead atoms. The van der Waals surface area contributed by atoms with Gasteiger partial charge >= 0.3 is 0 Å². The number of carbonyl (C=O) groups excluding carboxylic acids is 1. The van der Waals surface area contributed by atoms with E-state index in [9.17, 15) is 9.59 Å². The fraction of sp³-hybridized carbons (Fsp3) is 0.476. The lowest BCUT2D eigenvalue weighted by Gasteiger charge is -2.33. The van der Waals surface area contributed by atoms with E-state index in [-0.39, 0.29) is 22.8 Å². The Morgan fingerprint density at radius 2 is 1.96 bits per heavy atom. The molecule has 0 fully saturated rings. The predicted molar refractivity (Wildman–Crippen MR) is 107 cm³/mol. The largest absolute Gasteiger partial charge is 0.338 e. The minimum absolute atomic E-state index is 0.0566. The van der Waals surface area contributed by atoms with Gasteiger partial charge in [0.05, 0.1) is 11.6 Å². The Bertz CT molecular complexity index is 945. The van der Waals surface area contributed by atoms with E-state index in [4.69, 9.17) is 0 Å². The first-order valence-corrected chi connectivity index (χ1v) is 10.4. The van der Waals surface area contributed by atoms with Crippen LogP contribution >= 0.6 is 11.8 Å². The molecule has 1 atom stereocenters. The first-order valence-electron chi connectivity index (χ1n) is 9.43. The van der Waals surface area contributed by atoms with Gasteiger partial charge in [-0.05, 0) is 17.5 Å². The Labute approximate surface area is 163 Å². The van der Waals surface area contributed by atoms with E-state index < -0.39 is 0 Å². The fourth-order valence-corrected chi connectivity index (χ4v) is 4.77. The van der Waals surface area contributed by atoms with Crippen LogP contribution in [0.15, 0.2) is 40.3 Å². The summed E-state index contributed by atoms with van der Waals surface area (Å²) < 4.78 is 1.67. The molecule has 6 heteroatoms. The molecule has 1 aromatic carbocycles. The zero-order chi connectivity index (χ0) is 19.2. The second-order valence-electron chi connectivity index (χ2n) is 8.41. The Morgan fingerprint density at radius 3 is 2.70 bits per heavy atom. The van der Waals surface area contributed by atoms with Crippen molar-refractivity contribution in [3.63, 3.8) is 0 Å². The van der Waals surface area contributed by atoms with E-state index in [1.165, 1.54) is 22.9 Å². The summed E-state index contributed by atoms with van der Waals surface area (Å²) >= 11 is 1.52. The van der Waals surface area contributed by atoms with E-state index in [0.717, 1.165) is 23.8 Å². The third kappa shape index (κ3) is 3.55. The summed E-state index contributed by atoms with van der Waals surface area (Å²) in [5, 5.41) is 0.737. The van der Waals surface area contributed by atoms with Crippen LogP contribution in [0.1, 0.15) is 37.6 Å². The number of hydrogen-bond acceptors (Lipinski definition) is 4. The Kier molecular flexibility index (Phi) is 4.62. The SMILES string of the molecule is CC(C)(C)c1cc(=O)n2c(n1)SCC(C(=O)N1CCc3ccccc3C1)C2. The van der Waals surface area contributed by atoms with Crippen molar-refractivity contribution in [3.8, 4) is 0 Å². The van der Waals surface area contributed by atoms with Gasteiger partial charge in [-0.1, -0.05) is 56.8 Å². The summed E-state index contributed by atoms with van der Waals surface area (Å²) in [5.41, 5.74) is 3.15. The second kappa shape index (κ2) is 6.82. The van der Waals surface area contributed by atoms with E-state index in [1.807, 2.05) is 11.0 Å². The highest BCUT2D eigenvalue weighted by atomic mass is 32.2. The van der Waals surface area contributed by atoms with Crippen LogP contribution in [0, 0.1) is 5.92 Å². The monoisotopic (exact) mass is 383 g/mol. The molecule has 2 aliphatic heterocycles. The smallest absolute Gasteiger partial charge is 0.254 e. The fourth-order valence-electron chi connectivity index (χ4n) is 3.69. The molecule has 0 spiro atoms. The van der Waals surface area contributed by atoms with Crippen molar-refractivity contribution in [1.29, 1.82) is 0 Å². The number of carbonyl (C=O) groups is 1. The number of rotatable bonds is 1. The average Bonchev–Trinajstić information content (AvgIpc) is 2.66. The minimum Gasteiger partial charge on any atom is -0.338 e. The molecule has 5 nitrogen and oxygen atoms in total. The van der Waals surface area contributed by atoms with Crippen LogP contribution in [-0.2, 0) is 29.7 Å². The molecule has 27 heavy (non-hydrogen) atoms. The molecule has 0 radical (unpaired) electrons. The molecular weight excluding hydrogens is 358 g/mol. The highest BCUT2D eigenvalue weighted by Gasteiger charge is 2.32. The molecule has 0 N–H and O–H groups in total. The molecule has 2 aliphatic rings. The minimum atomic E-state index is -0.173. The summed E-state index contributed by atoms with van der Waals surface area (Å²) in [5.74, 6) is 0.652. The number of fused-ring (bicyclic) bond motifs is 2. The van der Waals surface area contributed by atoms with Crippen molar-refractivity contribution in [2.45, 2.75) is 50.9 Å². The van der Waals surface area contributed by atoms with E-state index >= 15 is 0 Å². The van der Waals surface area contributed by atoms with Crippen LogP contribution in [0.4, 0.5) is 0 Å². The Balaban J connectivity index is 1.53. The maximum Gasteiger partial charge on any atom is 0.254 e. The maximum atomic E-state index is 13.1. The topological polar surface area (TPSA) is 55.2 Å². The van der Waals surface area contributed by atoms with Crippen molar-refractivity contribution in [2.24, 2.45) is 5.92 Å². The lowest BCUT2D eigenvalue weighted by Crippen LogP contribution is -2.44. The Morgan fingerprint density at radius 1 is 1.22 bits per heavy atom. The van der Waals surface area contributed by atoms with Crippen molar-refractivity contribution in [2.75, 3.05) is 12.3 Å². The third-order valence-electron chi connectivity index (χ3n) is 5.35. The van der Waals surface area contributed by atoms with Gasteiger partial charge in [-0.3, -0.25) is 14.2 Å². The molecule has 1 amide bonds. The van der Waals surface area contributed by atoms with Crippen LogP contribution in [-0.4, -0.2) is 32.7 Å². The predicted octanol–water partition coefficient (Wildman–Crippen LogP) is 2.85. The van der Waals surface area contributed by atoms with E-state index in [1.54, 1.807) is 10.6 Å². The summed E-state index contributed by atoms with van der Waals surface area (Å²) in [6.45, 7) is 8.01. The summed E-state index contributed by atoms with van der Waals surface area (Å²) in [6.07, 6.45) is 0.898. The molecule has 1 unspecified atom stereocenters. The van der Waals surface area contributed by atoms with Crippen molar-refractivity contribution < 1.29 is 4.79 Å². The summed E-state index contributed by atoms with van der Waals surface area (Å²) in [4.78, 5) is 32.3. The first-order chi connectivity index (χ1) is 12.8. The lowest BCUT2D eigenvalue weighted by molar-refractivity contribution is -0.136. The highest BCUT2D eigenvalue weighted by molar-refractivity contribution is 7.99. The van der Waals surface area contributed by atoms with Gasteiger partial charge < -0.3 is 4.90 Å². The average molecular weight is 384 g/mol. The van der Waals surface area contributed by atoms with Crippen LogP contribution in [0.25, 0.3) is 0 Å². The van der Waals surface area contributed by atoms with Crippen LogP contribution in [0.3, 0.4) is 0 Å². The molecule has 0 aliphatic carbocycles.